The normalized spacial score (nSPS) is 15.1. The van der Waals surface area contributed by atoms with Crippen molar-refractivity contribution >= 4 is 25.8 Å². The van der Waals surface area contributed by atoms with E-state index in [1.807, 2.05) is 0 Å². The molecule has 0 bridgehead atoms. The number of hydrogen-bond donors (Lipinski definition) is 1. The van der Waals surface area contributed by atoms with Crippen LogP contribution in [0.4, 0.5) is 4.79 Å². The first-order valence-electron chi connectivity index (χ1n) is 5.65. The first-order chi connectivity index (χ1) is 7.73. The van der Waals surface area contributed by atoms with Crippen molar-refractivity contribution in [2.75, 3.05) is 5.75 Å². The molecule has 108 valence electrons. The zero-order valence-corrected chi connectivity index (χ0v) is 13.3. The molecule has 5 nitrogen and oxygen atoms in total. The Morgan fingerprint density at radius 3 is 2.06 bits per heavy atom. The lowest BCUT2D eigenvalue weighted by molar-refractivity contribution is 0.0474. The van der Waals surface area contributed by atoms with Gasteiger partial charge >= 0.3 is 6.09 Å². The van der Waals surface area contributed by atoms with Gasteiger partial charge in [0.05, 0.1) is 5.75 Å². The minimum Gasteiger partial charge on any atom is -0.444 e. The number of carbonyl (C=O) groups excluding carboxylic acids is 1. The Hall–Kier alpha value is -0.490. The molecule has 0 aliphatic carbocycles. The highest BCUT2D eigenvalue weighted by molar-refractivity contribution is 8.13. The monoisotopic (exact) mass is 299 g/mol. The molecule has 0 radical (unpaired) electrons. The SMILES string of the molecule is CC(NC(=O)OC(C)(C)C)C(C)(C)CS(=O)(=O)Cl. The molecule has 1 N–H and O–H groups in total. The van der Waals surface area contributed by atoms with Crippen LogP contribution in [0.15, 0.2) is 0 Å². The fraction of sp³-hybridized carbons (Fsp3) is 0.909. The van der Waals surface area contributed by atoms with Gasteiger partial charge in [0.25, 0.3) is 0 Å². The van der Waals surface area contributed by atoms with Gasteiger partial charge in [-0.2, -0.15) is 0 Å². The number of hydrogen-bond acceptors (Lipinski definition) is 4. The molecule has 0 aromatic carbocycles. The van der Waals surface area contributed by atoms with E-state index < -0.39 is 26.2 Å². The van der Waals surface area contributed by atoms with Gasteiger partial charge in [0.2, 0.25) is 9.05 Å². The van der Waals surface area contributed by atoms with Crippen LogP contribution in [0, 0.1) is 5.41 Å². The summed E-state index contributed by atoms with van der Waals surface area (Å²) < 4.78 is 27.3. The first kappa shape index (κ1) is 17.5. The molecular formula is C11H22ClNO4S. The number of alkyl carbamates (subject to hydrolysis) is 1. The number of nitrogens with one attached hydrogen (secondary N) is 1. The van der Waals surface area contributed by atoms with Crippen LogP contribution in [-0.2, 0) is 13.8 Å². The molecule has 0 aromatic rings. The third kappa shape index (κ3) is 7.76. The quantitative estimate of drug-likeness (QED) is 0.810. The zero-order chi connectivity index (χ0) is 14.8. The van der Waals surface area contributed by atoms with Gasteiger partial charge in [0, 0.05) is 16.7 Å². The summed E-state index contributed by atoms with van der Waals surface area (Å²) in [7, 11) is 1.62. The molecular weight excluding hydrogens is 278 g/mol. The van der Waals surface area contributed by atoms with Gasteiger partial charge < -0.3 is 10.1 Å². The molecule has 0 fully saturated rings. The molecule has 1 amide bonds. The highest BCUT2D eigenvalue weighted by atomic mass is 35.7. The lowest BCUT2D eigenvalue weighted by Gasteiger charge is -2.32. The van der Waals surface area contributed by atoms with Crippen LogP contribution < -0.4 is 5.32 Å². The molecule has 0 aliphatic heterocycles. The van der Waals surface area contributed by atoms with E-state index in [0.29, 0.717) is 0 Å². The minimum absolute atomic E-state index is 0.224. The maximum atomic E-state index is 11.6. The van der Waals surface area contributed by atoms with E-state index in [9.17, 15) is 13.2 Å². The van der Waals surface area contributed by atoms with E-state index >= 15 is 0 Å². The molecule has 7 heteroatoms. The maximum absolute atomic E-state index is 11.6. The van der Waals surface area contributed by atoms with Crippen molar-refractivity contribution < 1.29 is 17.9 Å². The van der Waals surface area contributed by atoms with Gasteiger partial charge in [-0.3, -0.25) is 0 Å². The highest BCUT2D eigenvalue weighted by Crippen LogP contribution is 2.24. The third-order valence-electron chi connectivity index (χ3n) is 2.45. The Kier molecular flexibility index (Phi) is 5.50. The number of carbonyl (C=O) groups is 1. The summed E-state index contributed by atoms with van der Waals surface area (Å²) in [6.07, 6.45) is -0.574. The molecule has 0 saturated carbocycles. The fourth-order valence-corrected chi connectivity index (χ4v) is 3.23. The predicted molar refractivity (Wildman–Crippen MR) is 72.3 cm³/mol. The van der Waals surface area contributed by atoms with Gasteiger partial charge in [0.15, 0.2) is 0 Å². The lowest BCUT2D eigenvalue weighted by Crippen LogP contribution is -2.47. The Morgan fingerprint density at radius 1 is 1.28 bits per heavy atom. The van der Waals surface area contributed by atoms with Gasteiger partial charge in [-0.1, -0.05) is 13.8 Å². The van der Waals surface area contributed by atoms with Crippen LogP contribution in [0.2, 0.25) is 0 Å². The average Bonchev–Trinajstić information content (AvgIpc) is 1.93. The minimum atomic E-state index is -3.62. The Morgan fingerprint density at radius 2 is 1.72 bits per heavy atom. The Balaban J connectivity index is 4.57. The van der Waals surface area contributed by atoms with Gasteiger partial charge in [-0.25, -0.2) is 13.2 Å². The fourth-order valence-electron chi connectivity index (χ4n) is 1.25. The van der Waals surface area contributed by atoms with Crippen molar-refractivity contribution in [2.45, 2.75) is 53.2 Å². The van der Waals surface area contributed by atoms with Gasteiger partial charge in [-0.05, 0) is 33.1 Å². The Labute approximate surface area is 114 Å². The average molecular weight is 300 g/mol. The molecule has 0 saturated heterocycles. The van der Waals surface area contributed by atoms with E-state index in [4.69, 9.17) is 15.4 Å². The van der Waals surface area contributed by atoms with Crippen LogP contribution >= 0.6 is 10.7 Å². The van der Waals surface area contributed by atoms with Crippen molar-refractivity contribution in [3.63, 3.8) is 0 Å². The summed E-state index contributed by atoms with van der Waals surface area (Å²) >= 11 is 0. The first-order valence-corrected chi connectivity index (χ1v) is 8.13. The molecule has 0 spiro atoms. The van der Waals surface area contributed by atoms with Crippen molar-refractivity contribution in [3.05, 3.63) is 0 Å². The topological polar surface area (TPSA) is 72.5 Å². The summed E-state index contributed by atoms with van der Waals surface area (Å²) in [4.78, 5) is 11.6. The second-order valence-corrected chi connectivity index (χ2v) is 8.82. The van der Waals surface area contributed by atoms with Crippen molar-refractivity contribution in [1.29, 1.82) is 0 Å². The van der Waals surface area contributed by atoms with Crippen molar-refractivity contribution in [1.82, 2.24) is 5.32 Å². The summed E-state index contributed by atoms with van der Waals surface area (Å²) in [5.41, 5.74) is -1.27. The number of ether oxygens (including phenoxy) is 1. The molecule has 0 aromatic heterocycles. The van der Waals surface area contributed by atoms with Crippen LogP contribution in [0.5, 0.6) is 0 Å². The lowest BCUT2D eigenvalue weighted by atomic mass is 9.88. The maximum Gasteiger partial charge on any atom is 0.407 e. The predicted octanol–water partition coefficient (Wildman–Crippen LogP) is 2.49. The van der Waals surface area contributed by atoms with E-state index in [1.165, 1.54) is 0 Å². The second-order valence-electron chi connectivity index (χ2n) is 6.04. The van der Waals surface area contributed by atoms with Crippen LogP contribution in [-0.4, -0.2) is 31.9 Å². The number of halogens is 1. The van der Waals surface area contributed by atoms with Crippen molar-refractivity contribution in [3.8, 4) is 0 Å². The van der Waals surface area contributed by atoms with E-state index in [2.05, 4.69) is 5.32 Å². The van der Waals surface area contributed by atoms with Crippen LogP contribution in [0.1, 0.15) is 41.5 Å². The van der Waals surface area contributed by atoms with Crippen molar-refractivity contribution in [2.24, 2.45) is 5.41 Å². The molecule has 0 aliphatic rings. The second kappa shape index (κ2) is 5.65. The standard InChI is InChI=1S/C11H22ClNO4S/c1-8(11(5,6)7-18(12,15)16)13-9(14)17-10(2,3)4/h8H,7H2,1-6H3,(H,13,14). The largest absolute Gasteiger partial charge is 0.444 e. The van der Waals surface area contributed by atoms with E-state index in [0.717, 1.165) is 0 Å². The van der Waals surface area contributed by atoms with Gasteiger partial charge in [0.1, 0.15) is 5.60 Å². The molecule has 0 heterocycles. The molecule has 1 atom stereocenters. The van der Waals surface area contributed by atoms with Crippen LogP contribution in [0.3, 0.4) is 0 Å². The third-order valence-corrected chi connectivity index (χ3v) is 3.87. The van der Waals surface area contributed by atoms with E-state index in [1.54, 1.807) is 41.5 Å². The van der Waals surface area contributed by atoms with Gasteiger partial charge in [-0.15, -0.1) is 0 Å². The smallest absolute Gasteiger partial charge is 0.407 e. The number of rotatable bonds is 4. The zero-order valence-electron chi connectivity index (χ0n) is 11.7. The summed E-state index contributed by atoms with van der Waals surface area (Å²) in [5, 5.41) is 2.62. The molecule has 0 rings (SSSR count). The summed E-state index contributed by atoms with van der Waals surface area (Å²) in [6.45, 7) is 10.4. The van der Waals surface area contributed by atoms with Crippen LogP contribution in [0.25, 0.3) is 0 Å². The number of amides is 1. The van der Waals surface area contributed by atoms with E-state index in [-0.39, 0.29) is 11.8 Å². The summed E-state index contributed by atoms with van der Waals surface area (Å²) in [6, 6.07) is -0.388. The Bertz CT molecular complexity index is 398. The summed E-state index contributed by atoms with van der Waals surface area (Å²) in [5.74, 6) is -0.224. The molecule has 18 heavy (non-hydrogen) atoms. The molecule has 1 unspecified atom stereocenters. The highest BCUT2D eigenvalue weighted by Gasteiger charge is 2.32.